The van der Waals surface area contributed by atoms with Gasteiger partial charge >= 0.3 is 0 Å². The second-order valence-corrected chi connectivity index (χ2v) is 5.51. The van der Waals surface area contributed by atoms with Crippen LogP contribution in [0.1, 0.15) is 16.1 Å². The first-order valence-electron chi connectivity index (χ1n) is 7.25. The predicted molar refractivity (Wildman–Crippen MR) is 82.2 cm³/mol. The van der Waals surface area contributed by atoms with Crippen molar-refractivity contribution in [2.75, 3.05) is 38.5 Å². The molecule has 1 amide bonds. The van der Waals surface area contributed by atoms with Crippen LogP contribution in [0.4, 0.5) is 11.5 Å². The van der Waals surface area contributed by atoms with Gasteiger partial charge in [-0.3, -0.25) is 9.78 Å². The minimum absolute atomic E-state index is 0.0144. The predicted octanol–water partition coefficient (Wildman–Crippen LogP) is 1.51. The maximum absolute atomic E-state index is 12.5. The summed E-state index contributed by atoms with van der Waals surface area (Å²) in [5.74, 6) is 1.34. The Balaban J connectivity index is 1.71. The highest BCUT2D eigenvalue weighted by Crippen LogP contribution is 2.17. The maximum atomic E-state index is 12.5. The number of pyridine rings is 1. The lowest BCUT2D eigenvalue weighted by Crippen LogP contribution is -2.47. The average molecular weight is 301 g/mol. The van der Waals surface area contributed by atoms with E-state index < -0.39 is 0 Å². The maximum Gasteiger partial charge on any atom is 0.255 e. The average Bonchev–Trinajstić information content (AvgIpc) is 2.93. The molecule has 0 radical (unpaired) electrons. The van der Waals surface area contributed by atoms with Gasteiger partial charge in [-0.2, -0.15) is 0 Å². The summed E-state index contributed by atoms with van der Waals surface area (Å²) < 4.78 is 5.01. The van der Waals surface area contributed by atoms with Gasteiger partial charge in [0.25, 0.3) is 5.91 Å². The molecular weight excluding hydrogens is 282 g/mol. The third-order valence-electron chi connectivity index (χ3n) is 3.68. The smallest absolute Gasteiger partial charge is 0.255 e. The van der Waals surface area contributed by atoms with Crippen molar-refractivity contribution in [3.05, 3.63) is 35.9 Å². The van der Waals surface area contributed by atoms with Crippen molar-refractivity contribution in [3.8, 4) is 0 Å². The number of amides is 1. The molecule has 2 aromatic heterocycles. The SMILES string of the molecule is Cc1cc(Nc2cncc(C(=O)N3CCN(C)CC3)c2)no1. The molecule has 0 spiro atoms. The summed E-state index contributed by atoms with van der Waals surface area (Å²) in [6.45, 7) is 5.11. The fourth-order valence-electron chi connectivity index (χ4n) is 2.39. The first kappa shape index (κ1) is 14.5. The zero-order chi connectivity index (χ0) is 15.5. The molecule has 1 N–H and O–H groups in total. The third kappa shape index (κ3) is 3.25. The van der Waals surface area contributed by atoms with Crippen molar-refractivity contribution < 1.29 is 9.32 Å². The Morgan fingerprint density at radius 3 is 2.68 bits per heavy atom. The summed E-state index contributed by atoms with van der Waals surface area (Å²) in [5, 5.41) is 6.95. The summed E-state index contributed by atoms with van der Waals surface area (Å²) >= 11 is 0. The Hall–Kier alpha value is -2.41. The van der Waals surface area contributed by atoms with Crippen molar-refractivity contribution in [1.82, 2.24) is 19.9 Å². The number of piperazine rings is 1. The van der Waals surface area contributed by atoms with Crippen molar-refractivity contribution in [3.63, 3.8) is 0 Å². The Morgan fingerprint density at radius 1 is 1.23 bits per heavy atom. The minimum Gasteiger partial charge on any atom is -0.360 e. The lowest BCUT2D eigenvalue weighted by molar-refractivity contribution is 0.0663. The van der Waals surface area contributed by atoms with E-state index in [1.54, 1.807) is 24.5 Å². The number of carbonyl (C=O) groups excluding carboxylic acids is 1. The molecule has 1 fully saturated rings. The van der Waals surface area contributed by atoms with Crippen LogP contribution in [0.25, 0.3) is 0 Å². The lowest BCUT2D eigenvalue weighted by atomic mass is 10.2. The van der Waals surface area contributed by atoms with E-state index in [4.69, 9.17) is 4.52 Å². The number of hydrogen-bond acceptors (Lipinski definition) is 6. The van der Waals surface area contributed by atoms with Crippen LogP contribution in [0.2, 0.25) is 0 Å². The normalized spacial score (nSPS) is 15.8. The highest BCUT2D eigenvalue weighted by atomic mass is 16.5. The van der Waals surface area contributed by atoms with E-state index in [2.05, 4.69) is 27.4 Å². The van der Waals surface area contributed by atoms with E-state index in [1.807, 2.05) is 11.8 Å². The van der Waals surface area contributed by atoms with Gasteiger partial charge in [0.15, 0.2) is 5.82 Å². The number of hydrogen-bond donors (Lipinski definition) is 1. The molecule has 1 aliphatic heterocycles. The van der Waals surface area contributed by atoms with Crippen LogP contribution < -0.4 is 5.32 Å². The topological polar surface area (TPSA) is 74.5 Å². The van der Waals surface area contributed by atoms with Gasteiger partial charge in [0.2, 0.25) is 0 Å². The molecule has 1 saturated heterocycles. The van der Waals surface area contributed by atoms with Gasteiger partial charge in [0, 0.05) is 38.4 Å². The third-order valence-corrected chi connectivity index (χ3v) is 3.68. The van der Waals surface area contributed by atoms with E-state index >= 15 is 0 Å². The van der Waals surface area contributed by atoms with Crippen LogP contribution in [0, 0.1) is 6.92 Å². The molecule has 3 heterocycles. The van der Waals surface area contributed by atoms with Gasteiger partial charge in [-0.1, -0.05) is 5.16 Å². The second kappa shape index (κ2) is 6.15. The molecule has 7 nitrogen and oxygen atoms in total. The van der Waals surface area contributed by atoms with Gasteiger partial charge < -0.3 is 19.6 Å². The quantitative estimate of drug-likeness (QED) is 0.926. The van der Waals surface area contributed by atoms with Crippen LogP contribution in [0.3, 0.4) is 0 Å². The number of likely N-dealkylation sites (N-methyl/N-ethyl adjacent to an activating group) is 1. The zero-order valence-electron chi connectivity index (χ0n) is 12.7. The first-order chi connectivity index (χ1) is 10.6. The van der Waals surface area contributed by atoms with Gasteiger partial charge in [-0.25, -0.2) is 0 Å². The Bertz CT molecular complexity index is 661. The summed E-state index contributed by atoms with van der Waals surface area (Å²) in [7, 11) is 2.06. The molecule has 7 heteroatoms. The lowest BCUT2D eigenvalue weighted by Gasteiger charge is -2.32. The van der Waals surface area contributed by atoms with E-state index in [1.165, 1.54) is 0 Å². The standard InChI is InChI=1S/C15H19N5O2/c1-11-7-14(18-22-11)17-13-8-12(9-16-10-13)15(21)20-5-3-19(2)4-6-20/h7-10H,3-6H2,1-2H3,(H,17,18). The number of aromatic nitrogens is 2. The van der Waals surface area contributed by atoms with Gasteiger partial charge in [-0.05, 0) is 20.0 Å². The van der Waals surface area contributed by atoms with Gasteiger partial charge in [0.05, 0.1) is 17.4 Å². The highest BCUT2D eigenvalue weighted by Gasteiger charge is 2.20. The molecule has 0 unspecified atom stereocenters. The Kier molecular flexibility index (Phi) is 4.06. The summed E-state index contributed by atoms with van der Waals surface area (Å²) in [6, 6.07) is 3.58. The zero-order valence-corrected chi connectivity index (χ0v) is 12.7. The number of aryl methyl sites for hydroxylation is 1. The number of nitrogens with zero attached hydrogens (tertiary/aromatic N) is 4. The number of anilines is 2. The van der Waals surface area contributed by atoms with Crippen LogP contribution in [0.15, 0.2) is 29.0 Å². The fourth-order valence-corrected chi connectivity index (χ4v) is 2.39. The Morgan fingerprint density at radius 2 is 2.00 bits per heavy atom. The van der Waals surface area contributed by atoms with Crippen molar-refractivity contribution >= 4 is 17.4 Å². The molecule has 0 aliphatic carbocycles. The van der Waals surface area contributed by atoms with E-state index in [-0.39, 0.29) is 5.91 Å². The second-order valence-electron chi connectivity index (χ2n) is 5.51. The molecule has 3 rings (SSSR count). The fraction of sp³-hybridized carbons (Fsp3) is 0.400. The summed E-state index contributed by atoms with van der Waals surface area (Å²) in [4.78, 5) is 20.7. The molecule has 0 bridgehead atoms. The molecule has 1 aliphatic rings. The Labute approximate surface area is 128 Å². The largest absolute Gasteiger partial charge is 0.360 e. The molecule has 0 atom stereocenters. The van der Waals surface area contributed by atoms with E-state index in [0.29, 0.717) is 17.1 Å². The van der Waals surface area contributed by atoms with Crippen LogP contribution in [0.5, 0.6) is 0 Å². The van der Waals surface area contributed by atoms with Crippen LogP contribution >= 0.6 is 0 Å². The monoisotopic (exact) mass is 301 g/mol. The molecule has 0 aromatic carbocycles. The van der Waals surface area contributed by atoms with Gasteiger partial charge in [-0.15, -0.1) is 0 Å². The number of carbonyl (C=O) groups is 1. The number of nitrogens with one attached hydrogen (secondary N) is 1. The van der Waals surface area contributed by atoms with Gasteiger partial charge in [0.1, 0.15) is 5.76 Å². The summed E-state index contributed by atoms with van der Waals surface area (Å²) in [6.07, 6.45) is 3.25. The summed E-state index contributed by atoms with van der Waals surface area (Å²) in [5.41, 5.74) is 1.29. The van der Waals surface area contributed by atoms with Crippen molar-refractivity contribution in [2.45, 2.75) is 6.92 Å². The first-order valence-corrected chi connectivity index (χ1v) is 7.25. The highest BCUT2D eigenvalue weighted by molar-refractivity contribution is 5.95. The molecule has 2 aromatic rings. The minimum atomic E-state index is 0.0144. The molecule has 116 valence electrons. The van der Waals surface area contributed by atoms with E-state index in [9.17, 15) is 4.79 Å². The molecule has 0 saturated carbocycles. The molecular formula is C15H19N5O2. The molecule has 22 heavy (non-hydrogen) atoms. The van der Waals surface area contributed by atoms with Crippen molar-refractivity contribution in [1.29, 1.82) is 0 Å². The van der Waals surface area contributed by atoms with Crippen LogP contribution in [-0.2, 0) is 0 Å². The van der Waals surface area contributed by atoms with E-state index in [0.717, 1.165) is 31.9 Å². The van der Waals surface area contributed by atoms with Crippen LogP contribution in [-0.4, -0.2) is 59.1 Å². The van der Waals surface area contributed by atoms with Crippen molar-refractivity contribution in [2.24, 2.45) is 0 Å². The number of rotatable bonds is 3.